The minimum absolute atomic E-state index is 0.0197. The summed E-state index contributed by atoms with van der Waals surface area (Å²) in [5.74, 6) is -4.59. The van der Waals surface area contributed by atoms with Gasteiger partial charge in [0.1, 0.15) is 23.0 Å². The number of methoxy groups -OCH3 is 4. The Morgan fingerprint density at radius 1 is 0.418 bits per heavy atom. The van der Waals surface area contributed by atoms with Gasteiger partial charge >= 0.3 is 0 Å². The van der Waals surface area contributed by atoms with Crippen molar-refractivity contribution in [2.24, 2.45) is 60.8 Å². The van der Waals surface area contributed by atoms with Crippen LogP contribution in [0.15, 0.2) is 87.8 Å². The quantitative estimate of drug-likeness (QED) is 0.0148. The number of nitrogens with one attached hydrogen (secondary N) is 5. The smallest absolute Gasteiger partial charge is 0.255 e. The van der Waals surface area contributed by atoms with Crippen LogP contribution in [0.5, 0.6) is 23.0 Å². The van der Waals surface area contributed by atoms with Crippen LogP contribution < -0.4 is 91.4 Å². The molecule has 4 aromatic carbocycles. The molecule has 0 fully saturated rings. The lowest BCUT2D eigenvalue weighted by Crippen LogP contribution is -2.42. The second-order valence-electron chi connectivity index (χ2n) is 21.0. The van der Waals surface area contributed by atoms with Crippen molar-refractivity contribution in [1.82, 2.24) is 26.6 Å². The lowest BCUT2D eigenvalue weighted by atomic mass is 9.96. The van der Waals surface area contributed by atoms with Crippen LogP contribution in [0, 0.1) is 0 Å². The lowest BCUT2D eigenvalue weighted by Gasteiger charge is -2.21. The van der Waals surface area contributed by atoms with E-state index < -0.39 is 65.1 Å². The molecule has 492 valence electrons. The third kappa shape index (κ3) is 24.0. The van der Waals surface area contributed by atoms with E-state index in [1.807, 2.05) is 0 Å². The minimum Gasteiger partial charge on any atom is -0.496 e. The number of aliphatic imine (C=N–C) groups is 3. The zero-order valence-corrected chi connectivity index (χ0v) is 52.0. The molecule has 29 heteroatoms. The second-order valence-corrected chi connectivity index (χ2v) is 21.0. The van der Waals surface area contributed by atoms with E-state index in [0.717, 1.165) is 0 Å². The van der Waals surface area contributed by atoms with Crippen molar-refractivity contribution in [2.75, 3.05) is 67.7 Å². The lowest BCUT2D eigenvalue weighted by molar-refractivity contribution is -0.127. The summed E-state index contributed by atoms with van der Waals surface area (Å²) in [4.78, 5) is 136. The average molecular weight is 1260 g/mol. The number of amides is 5. The predicted molar refractivity (Wildman–Crippen MR) is 343 cm³/mol. The molecular weight excluding hydrogens is 1180 g/mol. The molecule has 4 aromatic rings. The van der Waals surface area contributed by atoms with Crippen molar-refractivity contribution in [2.45, 2.75) is 102 Å². The maximum absolute atomic E-state index is 14.5. The van der Waals surface area contributed by atoms with Crippen LogP contribution in [-0.2, 0) is 49.7 Å². The number of hydrogen-bond donors (Lipinski definition) is 13. The van der Waals surface area contributed by atoms with Crippen molar-refractivity contribution >= 4 is 70.5 Å². The Morgan fingerprint density at radius 2 is 0.714 bits per heavy atom. The van der Waals surface area contributed by atoms with E-state index in [0.29, 0.717) is 22.3 Å². The first-order valence-corrected chi connectivity index (χ1v) is 29.3. The van der Waals surface area contributed by atoms with Gasteiger partial charge in [0.2, 0.25) is 5.91 Å². The van der Waals surface area contributed by atoms with Crippen molar-refractivity contribution < 1.29 is 62.1 Å². The van der Waals surface area contributed by atoms with Crippen molar-refractivity contribution in [1.29, 1.82) is 0 Å². The first kappa shape index (κ1) is 73.3. The largest absolute Gasteiger partial charge is 0.496 e. The maximum Gasteiger partial charge on any atom is 0.255 e. The Labute approximate surface area is 528 Å². The molecule has 5 amide bonds. The fraction of sp³-hybridized carbons (Fsp3) is 0.419. The normalized spacial score (nSPS) is 12.0. The first-order valence-electron chi connectivity index (χ1n) is 29.3. The van der Waals surface area contributed by atoms with Gasteiger partial charge in [0.25, 0.3) is 23.6 Å². The highest BCUT2D eigenvalue weighted by atomic mass is 16.5. The molecule has 0 heterocycles. The number of guanidine groups is 3. The highest BCUT2D eigenvalue weighted by Crippen LogP contribution is 2.26. The summed E-state index contributed by atoms with van der Waals surface area (Å²) in [6, 6.07) is 14.0. The fourth-order valence-corrected chi connectivity index (χ4v) is 9.46. The number of ether oxygens (including phenoxy) is 4. The number of ketones is 4. The molecule has 0 unspecified atom stereocenters. The second kappa shape index (κ2) is 37.6. The molecule has 0 aliphatic carbocycles. The molecule has 91 heavy (non-hydrogen) atoms. The third-order valence-corrected chi connectivity index (χ3v) is 14.1. The van der Waals surface area contributed by atoms with Gasteiger partial charge in [-0.3, -0.25) is 58.1 Å². The number of nitrogens with zero attached hydrogens (tertiary/aromatic N) is 3. The minimum atomic E-state index is -1.18. The number of Topliss-reactive ketones (excluding diaryl/α,β-unsaturated/α-hetero) is 4. The van der Waals surface area contributed by atoms with Gasteiger partial charge in [-0.05, 0) is 116 Å². The molecule has 21 N–H and O–H groups in total. The Hall–Kier alpha value is -10.2. The summed E-state index contributed by atoms with van der Waals surface area (Å²) >= 11 is 0. The van der Waals surface area contributed by atoms with Crippen molar-refractivity contribution in [3.63, 3.8) is 0 Å². The van der Waals surface area contributed by atoms with Gasteiger partial charge in [-0.2, -0.15) is 0 Å². The molecule has 0 aliphatic rings. The van der Waals surface area contributed by atoms with Gasteiger partial charge in [0.05, 0.1) is 74.9 Å². The number of hydrogen-bond acceptors (Lipinski definition) is 18. The molecule has 0 radical (unpaired) electrons. The van der Waals surface area contributed by atoms with Gasteiger partial charge in [-0.25, -0.2) is 0 Å². The van der Waals surface area contributed by atoms with Crippen LogP contribution in [-0.4, -0.2) is 162 Å². The Morgan fingerprint density at radius 3 is 0.989 bits per heavy atom. The van der Waals surface area contributed by atoms with Gasteiger partial charge in [-0.15, -0.1) is 0 Å². The van der Waals surface area contributed by atoms with E-state index in [1.165, 1.54) is 70.9 Å². The standard InChI is InChI=1S/C62H86N16O13/c1-35(75-55(83)20-21-63)47(79)31-36-12-17-52(89-3)41(28-36)57(85)76-45(10-7-24-73-61(67)68)49(81)33-38-14-19-54(91-5)43(30-38)59(87)78-46(11-8-25-74-62(69)70)50(82)34-39-15-18-53(90-4)42(29-39)58(86)77-44(9-6-23-72-60(65)66)48(80)32-37-13-16-51(88-2)40(27-37)56(84)71-26-22-64/h12-19,27-30,35,44-46H,6-11,20-26,31-34,63-64H2,1-5H3,(H,71,84)(H,75,83)(H,76,85)(H,77,86)(H,78,87)(H4,65,66,72)(H4,67,68,73)(H4,69,70,74)/t35-,44-,45-,46-/m1/s1. The highest BCUT2D eigenvalue weighted by Gasteiger charge is 2.29. The van der Waals surface area contributed by atoms with E-state index in [9.17, 15) is 43.2 Å². The topological polar surface area (TPSA) is 496 Å². The Kier molecular flexibility index (Phi) is 30.3. The van der Waals surface area contributed by atoms with Crippen LogP contribution in [0.3, 0.4) is 0 Å². The van der Waals surface area contributed by atoms with Crippen LogP contribution in [0.2, 0.25) is 0 Å². The number of carbonyl (C=O) groups is 9. The van der Waals surface area contributed by atoms with Crippen molar-refractivity contribution in [3.05, 3.63) is 117 Å². The molecule has 0 saturated heterocycles. The zero-order chi connectivity index (χ0) is 67.2. The molecular formula is C62H86N16O13. The number of carbonyl (C=O) groups excluding carboxylic acids is 9. The molecule has 29 nitrogen and oxygen atoms in total. The highest BCUT2D eigenvalue weighted by molar-refractivity contribution is 6.04. The number of benzene rings is 4. The Bertz CT molecular complexity index is 3310. The summed E-state index contributed by atoms with van der Waals surface area (Å²) < 4.78 is 22.0. The van der Waals surface area contributed by atoms with E-state index in [4.69, 9.17) is 64.8 Å². The van der Waals surface area contributed by atoms with Crippen LogP contribution >= 0.6 is 0 Å². The fourth-order valence-electron chi connectivity index (χ4n) is 9.46. The SMILES string of the molecule is COc1ccc(CC(=O)[C@@H](CCCN=C(N)N)NC(=O)c2cc(CC(=O)[C@@H](CCCN=C(N)N)NC(=O)c3cc(CC(=O)[C@@H](CCCN=C(N)N)NC(=O)c4cc(CC(=O)[C@@H](C)NC(=O)CCN)ccc4OC)ccc3OC)ccc2OC)cc1C(=O)NCCN. The molecule has 0 aliphatic heterocycles. The molecule has 0 aromatic heterocycles. The Balaban J connectivity index is 1.62. The molecule has 0 bridgehead atoms. The maximum atomic E-state index is 14.5. The average Bonchev–Trinajstić information content (AvgIpc) is 1.08. The van der Waals surface area contributed by atoms with Crippen molar-refractivity contribution in [3.8, 4) is 23.0 Å². The zero-order valence-electron chi connectivity index (χ0n) is 52.0. The first-order chi connectivity index (χ1) is 43.4. The van der Waals surface area contributed by atoms with Gasteiger partial charge < -0.3 is 91.4 Å². The molecule has 4 rings (SSSR count). The van der Waals surface area contributed by atoms with E-state index in [1.54, 1.807) is 37.3 Å². The van der Waals surface area contributed by atoms with E-state index in [-0.39, 0.29) is 185 Å². The predicted octanol–water partition coefficient (Wildman–Crippen LogP) is -0.734. The molecule has 0 saturated carbocycles. The molecule has 4 atom stereocenters. The van der Waals surface area contributed by atoms with Crippen LogP contribution in [0.4, 0.5) is 0 Å². The summed E-state index contributed by atoms with van der Waals surface area (Å²) in [5, 5.41) is 13.7. The summed E-state index contributed by atoms with van der Waals surface area (Å²) in [6.07, 6.45) is 0.0608. The molecule has 0 spiro atoms. The van der Waals surface area contributed by atoms with E-state index >= 15 is 0 Å². The summed E-state index contributed by atoms with van der Waals surface area (Å²) in [6.45, 7) is 2.43. The third-order valence-electron chi connectivity index (χ3n) is 14.1. The van der Waals surface area contributed by atoms with E-state index in [2.05, 4.69) is 41.6 Å². The van der Waals surface area contributed by atoms with Crippen LogP contribution in [0.25, 0.3) is 0 Å². The van der Waals surface area contributed by atoms with Gasteiger partial charge in [0.15, 0.2) is 41.0 Å². The number of rotatable bonds is 40. The van der Waals surface area contributed by atoms with Gasteiger partial charge in [-0.1, -0.05) is 24.3 Å². The summed E-state index contributed by atoms with van der Waals surface area (Å²) in [5.41, 5.74) is 46.2. The number of nitrogens with two attached hydrogens (primary N) is 8. The monoisotopic (exact) mass is 1260 g/mol. The van der Waals surface area contributed by atoms with Crippen LogP contribution in [0.1, 0.15) is 116 Å². The summed E-state index contributed by atoms with van der Waals surface area (Å²) in [7, 11) is 5.45. The van der Waals surface area contributed by atoms with Gasteiger partial charge in [0, 0.05) is 71.4 Å².